The van der Waals surface area contributed by atoms with E-state index in [1.807, 2.05) is 54.6 Å². The quantitative estimate of drug-likeness (QED) is 0.214. The number of piperidine rings is 1. The molecule has 2 unspecified atom stereocenters. The van der Waals surface area contributed by atoms with Crippen molar-refractivity contribution in [1.82, 2.24) is 4.90 Å². The van der Waals surface area contributed by atoms with E-state index in [2.05, 4.69) is 36.1 Å². The van der Waals surface area contributed by atoms with Gasteiger partial charge in [-0.1, -0.05) is 99.0 Å². The number of ether oxygens (including phenoxy) is 1. The van der Waals surface area contributed by atoms with Crippen LogP contribution in [0.25, 0.3) is 0 Å². The van der Waals surface area contributed by atoms with E-state index in [9.17, 15) is 10.2 Å². The highest BCUT2D eigenvalue weighted by molar-refractivity contribution is 5.36. The highest BCUT2D eigenvalue weighted by Crippen LogP contribution is 2.38. The Labute approximate surface area is 235 Å². The molecule has 2 N–H and O–H groups in total. The first-order chi connectivity index (χ1) is 19.0. The summed E-state index contributed by atoms with van der Waals surface area (Å²) < 4.78 is 5.61. The summed E-state index contributed by atoms with van der Waals surface area (Å²) in [4.78, 5) is 2.27. The molecule has 4 rings (SSSR count). The fourth-order valence-electron chi connectivity index (χ4n) is 6.14. The molecule has 1 heterocycles. The van der Waals surface area contributed by atoms with Crippen LogP contribution in [0.15, 0.2) is 78.9 Å². The van der Waals surface area contributed by atoms with Crippen LogP contribution in [-0.2, 0) is 24.2 Å². The topological polar surface area (TPSA) is 52.9 Å². The van der Waals surface area contributed by atoms with Crippen LogP contribution < -0.4 is 4.74 Å². The van der Waals surface area contributed by atoms with Crippen molar-refractivity contribution in [1.29, 1.82) is 0 Å². The normalized spacial score (nSPS) is 17.3. The molecule has 0 spiro atoms. The number of benzene rings is 3. The first-order valence-electron chi connectivity index (χ1n) is 14.9. The summed E-state index contributed by atoms with van der Waals surface area (Å²) in [6, 6.07) is 26.5. The number of likely N-dealkylation sites (tertiary alicyclic amines) is 1. The van der Waals surface area contributed by atoms with Gasteiger partial charge in [-0.15, -0.1) is 0 Å². The number of aryl methyl sites for hydroxylation is 1. The number of para-hydroxylation sites is 1. The summed E-state index contributed by atoms with van der Waals surface area (Å²) >= 11 is 0. The molecule has 0 radical (unpaired) electrons. The lowest BCUT2D eigenvalue weighted by Gasteiger charge is -2.43. The van der Waals surface area contributed by atoms with Gasteiger partial charge in [-0.3, -0.25) is 4.90 Å². The van der Waals surface area contributed by atoms with Crippen LogP contribution in [0, 0.1) is 0 Å². The molecular weight excluding hydrogens is 482 g/mol. The number of rotatable bonds is 14. The molecule has 4 nitrogen and oxygen atoms in total. The van der Waals surface area contributed by atoms with Crippen LogP contribution in [0.3, 0.4) is 0 Å². The Kier molecular flexibility index (Phi) is 10.6. The summed E-state index contributed by atoms with van der Waals surface area (Å²) in [5.74, 6) is 0.788. The molecule has 3 aromatic rings. The Morgan fingerprint density at radius 1 is 0.744 bits per heavy atom. The van der Waals surface area contributed by atoms with E-state index in [0.717, 1.165) is 54.8 Å². The molecule has 2 atom stereocenters. The number of hydrogen-bond donors (Lipinski definition) is 2. The molecule has 39 heavy (non-hydrogen) atoms. The van der Waals surface area contributed by atoms with Crippen LogP contribution in [0.4, 0.5) is 0 Å². The van der Waals surface area contributed by atoms with Gasteiger partial charge < -0.3 is 14.9 Å². The van der Waals surface area contributed by atoms with E-state index >= 15 is 0 Å². The molecular formula is C35H47NO3. The zero-order valence-electron chi connectivity index (χ0n) is 23.9. The minimum atomic E-state index is -1.07. The average Bonchev–Trinajstić information content (AvgIpc) is 2.99. The van der Waals surface area contributed by atoms with Gasteiger partial charge in [-0.2, -0.15) is 0 Å². The van der Waals surface area contributed by atoms with Gasteiger partial charge in [0.05, 0.1) is 12.7 Å². The molecule has 1 aliphatic heterocycles. The molecule has 3 aromatic carbocycles. The van der Waals surface area contributed by atoms with Gasteiger partial charge in [0.1, 0.15) is 11.5 Å². The summed E-state index contributed by atoms with van der Waals surface area (Å²) in [6.45, 7) is 4.04. The number of aliphatic hydroxyl groups is 2. The maximum Gasteiger partial charge on any atom is 0.144 e. The van der Waals surface area contributed by atoms with Crippen molar-refractivity contribution in [2.45, 2.75) is 88.9 Å². The molecule has 0 aliphatic carbocycles. The predicted molar refractivity (Wildman–Crippen MR) is 160 cm³/mol. The Morgan fingerprint density at radius 3 is 2.13 bits per heavy atom. The summed E-state index contributed by atoms with van der Waals surface area (Å²) in [6.07, 6.45) is 10.5. The Balaban J connectivity index is 1.55. The summed E-state index contributed by atoms with van der Waals surface area (Å²) in [5.41, 5.74) is 2.08. The van der Waals surface area contributed by atoms with Crippen molar-refractivity contribution in [3.63, 3.8) is 0 Å². The minimum absolute atomic E-state index is 0.454. The maximum absolute atomic E-state index is 12.3. The average molecular weight is 530 g/mol. The van der Waals surface area contributed by atoms with E-state index < -0.39 is 11.3 Å². The molecule has 0 saturated carbocycles. The van der Waals surface area contributed by atoms with Gasteiger partial charge in [0.25, 0.3) is 0 Å². The third-order valence-electron chi connectivity index (χ3n) is 8.47. The first kappa shape index (κ1) is 29.3. The molecule has 1 fully saturated rings. The Hall–Kier alpha value is -2.66. The molecule has 1 saturated heterocycles. The summed E-state index contributed by atoms with van der Waals surface area (Å²) in [5, 5.41) is 24.4. The molecule has 1 aliphatic rings. The van der Waals surface area contributed by atoms with E-state index in [4.69, 9.17) is 4.74 Å². The highest BCUT2D eigenvalue weighted by Gasteiger charge is 2.38. The second-order valence-corrected chi connectivity index (χ2v) is 11.3. The standard InChI is InChI=1S/C35H47NO3/c1-3-4-7-15-29-20-22-32(23-21-29)35(38,36-26-12-6-13-27-36)25-14-24-34(37,31-17-8-5-9-18-31)28-30-16-10-11-19-33(30)39-2/h5,8-11,16-23,37-38H,3-4,6-7,12-15,24-28H2,1-2H3. The van der Waals surface area contributed by atoms with E-state index in [-0.39, 0.29) is 0 Å². The Bertz CT molecular complexity index is 1130. The van der Waals surface area contributed by atoms with Gasteiger partial charge in [-0.05, 0) is 73.3 Å². The zero-order chi connectivity index (χ0) is 27.6. The second kappa shape index (κ2) is 14.1. The van der Waals surface area contributed by atoms with Crippen molar-refractivity contribution in [2.75, 3.05) is 20.2 Å². The molecule has 210 valence electrons. The molecule has 0 bridgehead atoms. The Morgan fingerprint density at radius 2 is 1.44 bits per heavy atom. The fraction of sp³-hybridized carbons (Fsp3) is 0.486. The van der Waals surface area contributed by atoms with Crippen molar-refractivity contribution in [3.05, 3.63) is 101 Å². The number of nitrogens with zero attached hydrogens (tertiary/aromatic N) is 1. The molecule has 0 amide bonds. The van der Waals surface area contributed by atoms with E-state index in [0.29, 0.717) is 25.7 Å². The van der Waals surface area contributed by atoms with Crippen LogP contribution in [0.5, 0.6) is 5.75 Å². The highest BCUT2D eigenvalue weighted by atomic mass is 16.5. The largest absolute Gasteiger partial charge is 0.496 e. The third kappa shape index (κ3) is 7.51. The van der Waals surface area contributed by atoms with Gasteiger partial charge in [0.15, 0.2) is 0 Å². The number of methoxy groups -OCH3 is 1. The number of hydrogen-bond acceptors (Lipinski definition) is 4. The van der Waals surface area contributed by atoms with E-state index in [1.165, 1.54) is 31.2 Å². The zero-order valence-corrected chi connectivity index (χ0v) is 23.9. The molecule has 4 heteroatoms. The summed E-state index contributed by atoms with van der Waals surface area (Å²) in [7, 11) is 1.67. The lowest BCUT2D eigenvalue weighted by atomic mass is 9.81. The number of unbranched alkanes of at least 4 members (excludes halogenated alkanes) is 2. The fourth-order valence-corrected chi connectivity index (χ4v) is 6.14. The molecule has 0 aromatic heterocycles. The minimum Gasteiger partial charge on any atom is -0.496 e. The lowest BCUT2D eigenvalue weighted by Crippen LogP contribution is -2.49. The maximum atomic E-state index is 12.3. The third-order valence-corrected chi connectivity index (χ3v) is 8.47. The van der Waals surface area contributed by atoms with Gasteiger partial charge >= 0.3 is 0 Å². The van der Waals surface area contributed by atoms with Crippen LogP contribution in [0.1, 0.15) is 87.0 Å². The monoisotopic (exact) mass is 529 g/mol. The lowest BCUT2D eigenvalue weighted by molar-refractivity contribution is -0.133. The van der Waals surface area contributed by atoms with Crippen molar-refractivity contribution in [2.24, 2.45) is 0 Å². The van der Waals surface area contributed by atoms with Crippen LogP contribution in [0.2, 0.25) is 0 Å². The predicted octanol–water partition coefficient (Wildman–Crippen LogP) is 7.36. The smallest absolute Gasteiger partial charge is 0.144 e. The van der Waals surface area contributed by atoms with Gasteiger partial charge in [0, 0.05) is 19.5 Å². The van der Waals surface area contributed by atoms with Gasteiger partial charge in [0.2, 0.25) is 0 Å². The van der Waals surface area contributed by atoms with Crippen molar-refractivity contribution in [3.8, 4) is 5.75 Å². The second-order valence-electron chi connectivity index (χ2n) is 11.3. The first-order valence-corrected chi connectivity index (χ1v) is 14.9. The van der Waals surface area contributed by atoms with Crippen LogP contribution >= 0.6 is 0 Å². The van der Waals surface area contributed by atoms with Crippen molar-refractivity contribution < 1.29 is 14.9 Å². The van der Waals surface area contributed by atoms with Crippen LogP contribution in [-0.4, -0.2) is 35.3 Å². The SMILES string of the molecule is CCCCCc1ccc(C(O)(CCCC(O)(Cc2ccccc2OC)c2ccccc2)N2CCCCC2)cc1. The van der Waals surface area contributed by atoms with Gasteiger partial charge in [-0.25, -0.2) is 0 Å². The van der Waals surface area contributed by atoms with E-state index in [1.54, 1.807) is 7.11 Å². The van der Waals surface area contributed by atoms with Crippen molar-refractivity contribution >= 4 is 0 Å².